The fraction of sp³-hybridized carbons (Fsp3) is 0.714. The minimum atomic E-state index is 0.388. The number of fused-ring (bicyclic) bond motifs is 1. The van der Waals surface area contributed by atoms with Crippen LogP contribution in [-0.2, 0) is 6.42 Å². The van der Waals surface area contributed by atoms with Gasteiger partial charge < -0.3 is 5.32 Å². The van der Waals surface area contributed by atoms with Gasteiger partial charge in [-0.15, -0.1) is 0 Å². The Morgan fingerprint density at radius 1 is 1.47 bits per heavy atom. The molecule has 0 saturated carbocycles. The fourth-order valence-electron chi connectivity index (χ4n) is 2.98. The van der Waals surface area contributed by atoms with Crippen LogP contribution in [0, 0.1) is 0 Å². The number of nitrogens with zero attached hydrogens (tertiary/aromatic N) is 3. The van der Waals surface area contributed by atoms with Crippen molar-refractivity contribution in [3.05, 3.63) is 23.3 Å². The summed E-state index contributed by atoms with van der Waals surface area (Å²) < 4.78 is 0. The fourth-order valence-corrected chi connectivity index (χ4v) is 4.19. The summed E-state index contributed by atoms with van der Waals surface area (Å²) in [6, 6.07) is 0.829. The monoisotopic (exact) mass is 278 g/mol. The third-order valence-electron chi connectivity index (χ3n) is 4.24. The van der Waals surface area contributed by atoms with E-state index >= 15 is 0 Å². The highest BCUT2D eigenvalue weighted by Crippen LogP contribution is 2.30. The molecule has 1 aromatic heterocycles. The second-order valence-corrected chi connectivity index (χ2v) is 6.58. The first-order chi connectivity index (χ1) is 9.29. The third-order valence-corrected chi connectivity index (χ3v) is 5.27. The van der Waals surface area contributed by atoms with Crippen molar-refractivity contribution in [2.45, 2.75) is 31.3 Å². The highest BCUT2D eigenvalue weighted by atomic mass is 32.2. The zero-order valence-corrected chi connectivity index (χ0v) is 12.5. The number of nitrogens with one attached hydrogen (secondary N) is 1. The Balaban J connectivity index is 1.88. The van der Waals surface area contributed by atoms with Crippen LogP contribution in [0.1, 0.15) is 42.0 Å². The second kappa shape index (κ2) is 5.77. The van der Waals surface area contributed by atoms with Gasteiger partial charge in [-0.2, -0.15) is 11.8 Å². The van der Waals surface area contributed by atoms with Crippen LogP contribution in [0.5, 0.6) is 0 Å². The molecule has 2 heterocycles. The lowest BCUT2D eigenvalue weighted by molar-refractivity contribution is 0.263. The Bertz CT molecular complexity index is 451. The molecule has 2 aliphatic rings. The minimum absolute atomic E-state index is 0.388. The van der Waals surface area contributed by atoms with Gasteiger partial charge in [0.25, 0.3) is 0 Å². The molecular formula is C14H22N4S. The average molecular weight is 278 g/mol. The summed E-state index contributed by atoms with van der Waals surface area (Å²) in [5, 5.41) is 3.37. The van der Waals surface area contributed by atoms with Crippen LogP contribution in [-0.4, -0.2) is 47.0 Å². The smallest absolute Gasteiger partial charge is 0.146 e. The zero-order chi connectivity index (χ0) is 13.2. The predicted molar refractivity (Wildman–Crippen MR) is 79.5 cm³/mol. The largest absolute Gasteiger partial charge is 0.313 e. The lowest BCUT2D eigenvalue weighted by atomic mass is 9.92. The van der Waals surface area contributed by atoms with E-state index in [1.807, 2.05) is 18.8 Å². The van der Waals surface area contributed by atoms with Crippen LogP contribution in [0.4, 0.5) is 0 Å². The maximum atomic E-state index is 4.88. The van der Waals surface area contributed by atoms with E-state index in [2.05, 4.69) is 28.4 Å². The van der Waals surface area contributed by atoms with E-state index in [9.17, 15) is 0 Å². The number of aromatic nitrogens is 2. The molecular weight excluding hydrogens is 256 g/mol. The first kappa shape index (κ1) is 13.3. The van der Waals surface area contributed by atoms with Crippen molar-refractivity contribution in [2.75, 3.05) is 32.1 Å². The van der Waals surface area contributed by atoms with E-state index in [1.165, 1.54) is 29.9 Å². The van der Waals surface area contributed by atoms with E-state index < -0.39 is 0 Å². The van der Waals surface area contributed by atoms with Crippen molar-refractivity contribution in [2.24, 2.45) is 0 Å². The van der Waals surface area contributed by atoms with E-state index in [4.69, 9.17) is 4.98 Å². The highest BCUT2D eigenvalue weighted by Gasteiger charge is 2.26. The van der Waals surface area contributed by atoms with Gasteiger partial charge in [0.1, 0.15) is 5.82 Å². The maximum Gasteiger partial charge on any atom is 0.146 e. The summed E-state index contributed by atoms with van der Waals surface area (Å²) in [5.74, 6) is 3.36. The second-order valence-electron chi connectivity index (χ2n) is 5.44. The number of thioether (sulfide) groups is 1. The standard InChI is InChI=1S/C14H22N4S/c1-15-11-4-3-5-12-10(11)8-16-14(17-12)13-9-19-7-6-18(13)2/h8,11,13,15H,3-7,9H2,1-2H3. The Hall–Kier alpha value is -0.650. The van der Waals surface area contributed by atoms with Gasteiger partial charge in [-0.3, -0.25) is 4.90 Å². The van der Waals surface area contributed by atoms with E-state index in [1.54, 1.807) is 0 Å². The SMILES string of the molecule is CNC1CCCc2nc(C3CSCCN3C)ncc21. The van der Waals surface area contributed by atoms with Gasteiger partial charge in [-0.1, -0.05) is 0 Å². The molecule has 0 bridgehead atoms. The molecule has 1 aliphatic heterocycles. The molecule has 1 fully saturated rings. The molecule has 2 unspecified atom stereocenters. The van der Waals surface area contributed by atoms with Crippen molar-refractivity contribution in [1.82, 2.24) is 20.2 Å². The van der Waals surface area contributed by atoms with Gasteiger partial charge in [0.15, 0.2) is 0 Å². The van der Waals surface area contributed by atoms with Gasteiger partial charge >= 0.3 is 0 Å². The van der Waals surface area contributed by atoms with Gasteiger partial charge in [0.05, 0.1) is 6.04 Å². The molecule has 0 spiro atoms. The molecule has 0 amide bonds. The van der Waals surface area contributed by atoms with Crippen molar-refractivity contribution in [3.8, 4) is 0 Å². The number of rotatable bonds is 2. The summed E-state index contributed by atoms with van der Waals surface area (Å²) >= 11 is 2.01. The first-order valence-corrected chi connectivity index (χ1v) is 8.26. The first-order valence-electron chi connectivity index (χ1n) is 7.10. The molecule has 3 rings (SSSR count). The molecule has 1 N–H and O–H groups in total. The Morgan fingerprint density at radius 3 is 3.16 bits per heavy atom. The van der Waals surface area contributed by atoms with Crippen LogP contribution in [0.15, 0.2) is 6.20 Å². The van der Waals surface area contributed by atoms with Gasteiger partial charge in [-0.25, -0.2) is 9.97 Å². The molecule has 2 atom stereocenters. The van der Waals surface area contributed by atoms with E-state index in [0.717, 1.165) is 24.5 Å². The normalized spacial score (nSPS) is 28.1. The van der Waals surface area contributed by atoms with Gasteiger partial charge in [0.2, 0.25) is 0 Å². The van der Waals surface area contributed by atoms with Crippen LogP contribution in [0.3, 0.4) is 0 Å². The highest BCUT2D eigenvalue weighted by molar-refractivity contribution is 7.99. The average Bonchev–Trinajstić information content (AvgIpc) is 2.46. The summed E-state index contributed by atoms with van der Waals surface area (Å²) in [7, 11) is 4.21. The minimum Gasteiger partial charge on any atom is -0.313 e. The van der Waals surface area contributed by atoms with Crippen LogP contribution >= 0.6 is 11.8 Å². The van der Waals surface area contributed by atoms with Crippen molar-refractivity contribution >= 4 is 11.8 Å². The quantitative estimate of drug-likeness (QED) is 0.893. The van der Waals surface area contributed by atoms with Crippen molar-refractivity contribution < 1.29 is 0 Å². The summed E-state index contributed by atoms with van der Waals surface area (Å²) in [6.45, 7) is 1.13. The topological polar surface area (TPSA) is 41.1 Å². The van der Waals surface area contributed by atoms with Crippen LogP contribution in [0.25, 0.3) is 0 Å². The lowest BCUT2D eigenvalue weighted by Crippen LogP contribution is -2.34. The van der Waals surface area contributed by atoms with E-state index in [0.29, 0.717) is 12.1 Å². The summed E-state index contributed by atoms with van der Waals surface area (Å²) in [5.41, 5.74) is 2.57. The predicted octanol–water partition coefficient (Wildman–Crippen LogP) is 1.79. The molecule has 5 heteroatoms. The molecule has 0 aromatic carbocycles. The third kappa shape index (κ3) is 2.64. The van der Waals surface area contributed by atoms with Crippen molar-refractivity contribution in [3.63, 3.8) is 0 Å². The Kier molecular flexibility index (Phi) is 4.05. The number of hydrogen-bond acceptors (Lipinski definition) is 5. The van der Waals surface area contributed by atoms with Gasteiger partial charge in [-0.05, 0) is 33.4 Å². The molecule has 1 aromatic rings. The number of aryl methyl sites for hydroxylation is 1. The molecule has 0 radical (unpaired) electrons. The molecule has 1 aliphatic carbocycles. The molecule has 4 nitrogen and oxygen atoms in total. The molecule has 1 saturated heterocycles. The summed E-state index contributed by atoms with van der Waals surface area (Å²) in [4.78, 5) is 11.9. The lowest BCUT2D eigenvalue weighted by Gasteiger charge is -2.32. The Labute approximate surface area is 119 Å². The maximum absolute atomic E-state index is 4.88. The Morgan fingerprint density at radius 2 is 2.37 bits per heavy atom. The molecule has 19 heavy (non-hydrogen) atoms. The van der Waals surface area contributed by atoms with Crippen LogP contribution in [0.2, 0.25) is 0 Å². The zero-order valence-electron chi connectivity index (χ0n) is 11.7. The van der Waals surface area contributed by atoms with Crippen molar-refractivity contribution in [1.29, 1.82) is 0 Å². The molecule has 104 valence electrons. The summed E-state index contributed by atoms with van der Waals surface area (Å²) in [6.07, 6.45) is 5.59. The number of hydrogen-bond donors (Lipinski definition) is 1. The van der Waals surface area contributed by atoms with Crippen LogP contribution < -0.4 is 5.32 Å². The van der Waals surface area contributed by atoms with E-state index in [-0.39, 0.29) is 0 Å². The van der Waals surface area contributed by atoms with Gasteiger partial charge in [0, 0.05) is 41.5 Å².